The first-order valence-corrected chi connectivity index (χ1v) is 8.56. The number of aryl methyl sites for hydroxylation is 2. The van der Waals surface area contributed by atoms with Gasteiger partial charge in [-0.25, -0.2) is 9.48 Å². The summed E-state index contributed by atoms with van der Waals surface area (Å²) in [4.78, 5) is 16.0. The van der Waals surface area contributed by atoms with Crippen LogP contribution in [0.3, 0.4) is 0 Å². The maximum atomic E-state index is 12.3. The first-order valence-electron chi connectivity index (χ1n) is 8.56. The lowest BCUT2D eigenvalue weighted by atomic mass is 10.2. The normalized spacial score (nSPS) is 12.3. The van der Waals surface area contributed by atoms with Crippen molar-refractivity contribution in [3.05, 3.63) is 47.3 Å². The second kappa shape index (κ2) is 8.16. The van der Waals surface area contributed by atoms with Crippen LogP contribution in [0, 0.1) is 13.8 Å². The molecule has 1 aromatic carbocycles. The Morgan fingerprint density at radius 2 is 1.96 bits per heavy atom. The average Bonchev–Trinajstić information content (AvgIpc) is 2.90. The number of hydrogen-bond donors (Lipinski definition) is 1. The third kappa shape index (κ3) is 5.06. The van der Waals surface area contributed by atoms with Crippen molar-refractivity contribution in [2.24, 2.45) is 0 Å². The van der Waals surface area contributed by atoms with Gasteiger partial charge in [0.1, 0.15) is 0 Å². The van der Waals surface area contributed by atoms with Crippen LogP contribution in [-0.2, 0) is 6.54 Å². The number of rotatable bonds is 6. The number of amides is 2. The summed E-state index contributed by atoms with van der Waals surface area (Å²) in [5.41, 5.74) is 4.18. The molecule has 0 aliphatic carbocycles. The lowest BCUT2D eigenvalue weighted by Crippen LogP contribution is -2.43. The van der Waals surface area contributed by atoms with Crippen LogP contribution in [-0.4, -0.2) is 59.3 Å². The van der Waals surface area contributed by atoms with Crippen molar-refractivity contribution in [2.45, 2.75) is 33.4 Å². The molecule has 0 saturated carbocycles. The van der Waals surface area contributed by atoms with E-state index in [1.54, 1.807) is 4.90 Å². The van der Waals surface area contributed by atoms with Gasteiger partial charge in [0.05, 0.1) is 11.4 Å². The third-order valence-electron chi connectivity index (χ3n) is 4.36. The molecular weight excluding hydrogens is 314 g/mol. The number of urea groups is 1. The quantitative estimate of drug-likeness (QED) is 0.877. The highest BCUT2D eigenvalue weighted by atomic mass is 16.2. The topological polar surface area (TPSA) is 53.4 Å². The summed E-state index contributed by atoms with van der Waals surface area (Å²) in [6, 6.07) is 10.4. The molecule has 0 aliphatic heterocycles. The summed E-state index contributed by atoms with van der Waals surface area (Å²) >= 11 is 0. The number of benzene rings is 1. The van der Waals surface area contributed by atoms with Crippen molar-refractivity contribution in [2.75, 3.05) is 27.7 Å². The smallest absolute Gasteiger partial charge is 0.317 e. The Morgan fingerprint density at radius 1 is 1.24 bits per heavy atom. The van der Waals surface area contributed by atoms with Gasteiger partial charge in [0.15, 0.2) is 0 Å². The van der Waals surface area contributed by atoms with Crippen LogP contribution in [0.2, 0.25) is 0 Å². The number of aromatic nitrogens is 2. The molecule has 1 aromatic heterocycles. The zero-order valence-corrected chi connectivity index (χ0v) is 16.1. The van der Waals surface area contributed by atoms with Crippen molar-refractivity contribution < 1.29 is 4.79 Å². The van der Waals surface area contributed by atoms with Gasteiger partial charge >= 0.3 is 6.03 Å². The van der Waals surface area contributed by atoms with Gasteiger partial charge in [0, 0.05) is 31.9 Å². The van der Waals surface area contributed by atoms with Crippen molar-refractivity contribution in [1.29, 1.82) is 0 Å². The first-order chi connectivity index (χ1) is 11.8. The molecule has 136 valence electrons. The van der Waals surface area contributed by atoms with Crippen molar-refractivity contribution in [1.82, 2.24) is 24.9 Å². The Labute approximate surface area is 150 Å². The van der Waals surface area contributed by atoms with E-state index in [4.69, 9.17) is 0 Å². The highest BCUT2D eigenvalue weighted by Gasteiger charge is 2.12. The summed E-state index contributed by atoms with van der Waals surface area (Å²) in [7, 11) is 5.82. The minimum Gasteiger partial charge on any atom is -0.336 e. The summed E-state index contributed by atoms with van der Waals surface area (Å²) in [5.74, 6) is 0. The molecule has 1 atom stereocenters. The van der Waals surface area contributed by atoms with Crippen LogP contribution in [0.25, 0.3) is 5.69 Å². The second-order valence-electron chi connectivity index (χ2n) is 6.86. The fourth-order valence-electron chi connectivity index (χ4n) is 2.58. The number of nitrogens with one attached hydrogen (secondary N) is 1. The molecule has 0 spiro atoms. The Kier molecular flexibility index (Phi) is 6.20. The zero-order chi connectivity index (χ0) is 18.6. The largest absolute Gasteiger partial charge is 0.336 e. The second-order valence-corrected chi connectivity index (χ2v) is 6.86. The molecule has 6 nitrogen and oxygen atoms in total. The summed E-state index contributed by atoms with van der Waals surface area (Å²) in [5, 5.41) is 7.49. The number of carbonyl (C=O) groups excluding carboxylic acids is 1. The maximum absolute atomic E-state index is 12.3. The fourth-order valence-corrected chi connectivity index (χ4v) is 2.58. The molecule has 0 bridgehead atoms. The molecule has 2 aromatic rings. The lowest BCUT2D eigenvalue weighted by Gasteiger charge is -2.23. The standard InChI is InChI=1S/C19H29N5O/c1-14-10-15(2)24(21-14)18-9-7-8-17(11-18)13-23(6)19(25)20-12-16(3)22(4)5/h7-11,16H,12-13H2,1-6H3,(H,20,25)/t16-/m0/s1. The fraction of sp³-hybridized carbons (Fsp3) is 0.474. The molecule has 0 fully saturated rings. The molecular formula is C19H29N5O. The van der Waals surface area contributed by atoms with Crippen molar-refractivity contribution in [3.8, 4) is 5.69 Å². The summed E-state index contributed by atoms with van der Waals surface area (Å²) in [6.07, 6.45) is 0. The monoisotopic (exact) mass is 343 g/mol. The zero-order valence-electron chi connectivity index (χ0n) is 16.1. The first kappa shape index (κ1) is 19.0. The number of nitrogens with zero attached hydrogens (tertiary/aromatic N) is 4. The van der Waals surface area contributed by atoms with Crippen LogP contribution in [0.15, 0.2) is 30.3 Å². The van der Waals surface area contributed by atoms with Gasteiger partial charge in [-0.2, -0.15) is 5.10 Å². The van der Waals surface area contributed by atoms with E-state index in [1.807, 2.05) is 57.9 Å². The minimum atomic E-state index is -0.0646. The van der Waals surface area contributed by atoms with Crippen molar-refractivity contribution >= 4 is 6.03 Å². The number of carbonyl (C=O) groups is 1. The van der Waals surface area contributed by atoms with Gasteiger partial charge < -0.3 is 15.1 Å². The average molecular weight is 343 g/mol. The van der Waals surface area contributed by atoms with Crippen LogP contribution in [0.4, 0.5) is 4.79 Å². The van der Waals surface area contributed by atoms with Crippen LogP contribution in [0.5, 0.6) is 0 Å². The van der Waals surface area contributed by atoms with E-state index in [0.29, 0.717) is 19.1 Å². The van der Waals surface area contributed by atoms with Gasteiger partial charge in [0.2, 0.25) is 0 Å². The highest BCUT2D eigenvalue weighted by molar-refractivity contribution is 5.73. The van der Waals surface area contributed by atoms with Crippen molar-refractivity contribution in [3.63, 3.8) is 0 Å². The Morgan fingerprint density at radius 3 is 2.56 bits per heavy atom. The highest BCUT2D eigenvalue weighted by Crippen LogP contribution is 2.15. The predicted octanol–water partition coefficient (Wildman–Crippen LogP) is 2.58. The van der Waals surface area contributed by atoms with Gasteiger partial charge in [-0.3, -0.25) is 0 Å². The number of likely N-dealkylation sites (N-methyl/N-ethyl adjacent to an activating group) is 1. The lowest BCUT2D eigenvalue weighted by molar-refractivity contribution is 0.202. The molecule has 25 heavy (non-hydrogen) atoms. The Hall–Kier alpha value is -2.34. The minimum absolute atomic E-state index is 0.0646. The Bertz CT molecular complexity index is 722. The predicted molar refractivity (Wildman–Crippen MR) is 101 cm³/mol. The summed E-state index contributed by atoms with van der Waals surface area (Å²) < 4.78 is 1.93. The molecule has 6 heteroatoms. The molecule has 0 radical (unpaired) electrons. The van der Waals surface area contributed by atoms with Gasteiger partial charge in [0.25, 0.3) is 0 Å². The van der Waals surface area contributed by atoms with Crippen LogP contribution >= 0.6 is 0 Å². The van der Waals surface area contributed by atoms with E-state index in [-0.39, 0.29) is 6.03 Å². The summed E-state index contributed by atoms with van der Waals surface area (Å²) in [6.45, 7) is 7.29. The van der Waals surface area contributed by atoms with Crippen LogP contribution in [0.1, 0.15) is 23.9 Å². The third-order valence-corrected chi connectivity index (χ3v) is 4.36. The Balaban J connectivity index is 2.01. The molecule has 1 heterocycles. The van der Waals surface area contributed by atoms with E-state index in [0.717, 1.165) is 22.6 Å². The molecule has 0 aliphatic rings. The van der Waals surface area contributed by atoms with Gasteiger partial charge in [-0.05, 0) is 58.6 Å². The molecule has 2 rings (SSSR count). The van der Waals surface area contributed by atoms with E-state index in [9.17, 15) is 4.79 Å². The van der Waals surface area contributed by atoms with Gasteiger partial charge in [-0.15, -0.1) is 0 Å². The van der Waals surface area contributed by atoms with E-state index in [2.05, 4.69) is 34.4 Å². The van der Waals surface area contributed by atoms with Crippen LogP contribution < -0.4 is 5.32 Å². The van der Waals surface area contributed by atoms with E-state index < -0.39 is 0 Å². The van der Waals surface area contributed by atoms with Gasteiger partial charge in [-0.1, -0.05) is 12.1 Å². The molecule has 2 amide bonds. The number of hydrogen-bond acceptors (Lipinski definition) is 3. The molecule has 0 saturated heterocycles. The SMILES string of the molecule is Cc1cc(C)n(-c2cccc(CN(C)C(=O)NC[C@H](C)N(C)C)c2)n1. The van der Waals surface area contributed by atoms with E-state index >= 15 is 0 Å². The molecule has 0 unspecified atom stereocenters. The molecule has 1 N–H and O–H groups in total. The maximum Gasteiger partial charge on any atom is 0.317 e. The van der Waals surface area contributed by atoms with E-state index in [1.165, 1.54) is 0 Å².